The highest BCUT2D eigenvalue weighted by molar-refractivity contribution is 9.11. The second-order valence-corrected chi connectivity index (χ2v) is 18.3. The van der Waals surface area contributed by atoms with Gasteiger partial charge in [0.25, 0.3) is 9.05 Å². The van der Waals surface area contributed by atoms with Crippen LogP contribution in [0.5, 0.6) is 0 Å². The van der Waals surface area contributed by atoms with Gasteiger partial charge in [0.1, 0.15) is 17.3 Å². The summed E-state index contributed by atoms with van der Waals surface area (Å²) < 4.78 is 50.4. The van der Waals surface area contributed by atoms with Crippen molar-refractivity contribution >= 4 is 117 Å². The normalized spacial score (nSPS) is 10.7. The summed E-state index contributed by atoms with van der Waals surface area (Å²) in [5.74, 6) is 0.235. The molecule has 0 aliphatic heterocycles. The van der Waals surface area contributed by atoms with Crippen molar-refractivity contribution in [1.82, 2.24) is 4.72 Å². The highest BCUT2D eigenvalue weighted by Crippen LogP contribution is 2.24. The van der Waals surface area contributed by atoms with Crippen LogP contribution in [0.25, 0.3) is 0 Å². The van der Waals surface area contributed by atoms with Gasteiger partial charge >= 0.3 is 0 Å². The number of nitrogen functional groups attached to an aromatic ring is 1. The molecule has 50 heavy (non-hydrogen) atoms. The molecule has 3 N–H and O–H groups in total. The minimum Gasteiger partial charge on any atom is -0.398 e. The van der Waals surface area contributed by atoms with Gasteiger partial charge in [-0.2, -0.15) is 0 Å². The molecule has 0 atom stereocenters. The Kier molecular flexibility index (Phi) is 20.1. The quantitative estimate of drug-likeness (QED) is 0.125. The number of halogens is 5. The Morgan fingerprint density at radius 3 is 1.32 bits per heavy atom. The van der Waals surface area contributed by atoms with Crippen LogP contribution in [-0.4, -0.2) is 41.2 Å². The van der Waals surface area contributed by atoms with E-state index >= 15 is 0 Å². The molecule has 4 aromatic carbocycles. The number of hydrogen-bond donors (Lipinski definition) is 2. The molecule has 0 saturated carbocycles. The topological polar surface area (TPSA) is 158 Å². The van der Waals surface area contributed by atoms with Crippen molar-refractivity contribution in [1.29, 1.82) is 0 Å². The van der Waals surface area contributed by atoms with Crippen molar-refractivity contribution in [2.24, 2.45) is 0 Å². The third-order valence-electron chi connectivity index (χ3n) is 6.09. The second-order valence-electron chi connectivity index (χ2n) is 10.4. The zero-order valence-corrected chi connectivity index (χ0v) is 36.1. The first-order valence-electron chi connectivity index (χ1n) is 14.3. The van der Waals surface area contributed by atoms with E-state index in [1.807, 2.05) is 48.5 Å². The number of rotatable bonds is 9. The summed E-state index contributed by atoms with van der Waals surface area (Å²) in [6.45, 7) is 4.56. The van der Waals surface area contributed by atoms with Crippen molar-refractivity contribution in [3.63, 3.8) is 0 Å². The fraction of sp³-hybridized carbons (Fsp3) is 0.206. The maximum atomic E-state index is 11.5. The standard InChI is InChI=1S/C10H12BrNO3S.C9H8BrClO3S.C9H9BrO.C6H6BrN/c1-7(13)5-8-3-4-9(6-10(8)11)16(14,15)12-2;1-6(12)4-7-2-3-8(5-9(7)10)15(11,13)14;1-7(11)6-8-4-2-3-5-9(8)10;7-5-3-1-2-4-6(5)8/h3-4,6,12H,5H2,1-2H3;2-3,5H,4H2,1H3;2-5H,6H2,1H3;1-4H,8H2. The Balaban J connectivity index is 0.000000343. The number of carbonyl (C=O) groups is 3. The maximum Gasteiger partial charge on any atom is 0.261 e. The van der Waals surface area contributed by atoms with Crippen LogP contribution in [0.4, 0.5) is 5.69 Å². The Bertz CT molecular complexity index is 2010. The molecule has 0 aliphatic carbocycles. The first-order valence-corrected chi connectivity index (χ1v) is 21.3. The number of para-hydroxylation sites is 1. The van der Waals surface area contributed by atoms with Crippen molar-refractivity contribution < 1.29 is 31.2 Å². The van der Waals surface area contributed by atoms with E-state index < -0.39 is 19.1 Å². The third-order valence-corrected chi connectivity index (χ3v) is 11.8. The zero-order chi connectivity index (χ0) is 38.2. The molecular formula is C34H35Br4ClN2O7S2. The highest BCUT2D eigenvalue weighted by Gasteiger charge is 2.14. The fourth-order valence-electron chi connectivity index (χ4n) is 3.70. The number of ketones is 3. The van der Waals surface area contributed by atoms with Gasteiger partial charge in [0.05, 0.1) is 9.79 Å². The van der Waals surface area contributed by atoms with Crippen molar-refractivity contribution in [3.05, 3.63) is 120 Å². The predicted molar refractivity (Wildman–Crippen MR) is 213 cm³/mol. The van der Waals surface area contributed by atoms with Crippen LogP contribution < -0.4 is 10.5 Å². The van der Waals surface area contributed by atoms with Gasteiger partial charge < -0.3 is 5.73 Å². The molecule has 0 aromatic heterocycles. The summed E-state index contributed by atoms with van der Waals surface area (Å²) in [7, 11) is -0.617. The smallest absolute Gasteiger partial charge is 0.261 e. The van der Waals surface area contributed by atoms with E-state index in [4.69, 9.17) is 16.4 Å². The Hall–Kier alpha value is -2.24. The van der Waals surface area contributed by atoms with Gasteiger partial charge in [0, 0.05) is 53.5 Å². The number of Topliss-reactive ketones (excluding diaryl/α,β-unsaturated/α-hetero) is 3. The van der Waals surface area contributed by atoms with Gasteiger partial charge in [-0.1, -0.05) is 90.3 Å². The van der Waals surface area contributed by atoms with E-state index in [0.717, 1.165) is 31.3 Å². The summed E-state index contributed by atoms with van der Waals surface area (Å²) in [4.78, 5) is 32.8. The molecule has 270 valence electrons. The van der Waals surface area contributed by atoms with Crippen LogP contribution in [0.2, 0.25) is 0 Å². The molecule has 0 fully saturated rings. The Morgan fingerprint density at radius 1 is 0.600 bits per heavy atom. The number of hydrogen-bond acceptors (Lipinski definition) is 8. The van der Waals surface area contributed by atoms with Gasteiger partial charge in [0.2, 0.25) is 10.0 Å². The fourth-order valence-corrected chi connectivity index (χ4v) is 7.28. The summed E-state index contributed by atoms with van der Waals surface area (Å²) in [6, 6.07) is 24.3. The SMILES string of the molecule is CC(=O)Cc1ccc(S(=O)(=O)Cl)cc1Br.CC(=O)Cc1ccccc1Br.CNS(=O)(=O)c1ccc(CC(C)=O)c(Br)c1.Nc1ccccc1Br. The first kappa shape index (κ1) is 45.8. The lowest BCUT2D eigenvalue weighted by Crippen LogP contribution is -2.18. The lowest BCUT2D eigenvalue weighted by Gasteiger charge is -2.06. The summed E-state index contributed by atoms with van der Waals surface area (Å²) >= 11 is 13.1. The molecule has 16 heteroatoms. The molecule has 0 unspecified atom stereocenters. The first-order chi connectivity index (χ1) is 23.2. The molecule has 0 radical (unpaired) electrons. The summed E-state index contributed by atoms with van der Waals surface area (Å²) in [5.41, 5.74) is 8.84. The highest BCUT2D eigenvalue weighted by atomic mass is 79.9. The number of nitrogens with two attached hydrogens (primary N) is 1. The molecule has 0 heterocycles. The molecule has 0 aliphatic rings. The minimum absolute atomic E-state index is 0.0113. The largest absolute Gasteiger partial charge is 0.398 e. The van der Waals surface area contributed by atoms with Gasteiger partial charge in [-0.25, -0.2) is 21.6 Å². The molecular weight excluding hydrogens is 968 g/mol. The van der Waals surface area contributed by atoms with Crippen LogP contribution in [0.3, 0.4) is 0 Å². The van der Waals surface area contributed by atoms with Gasteiger partial charge in [-0.05, 0) is 103 Å². The monoisotopic (exact) mass is 998 g/mol. The minimum atomic E-state index is -3.71. The Labute approximate surface area is 331 Å². The number of nitrogens with one attached hydrogen (secondary N) is 1. The predicted octanol–water partition coefficient (Wildman–Crippen LogP) is 8.61. The lowest BCUT2D eigenvalue weighted by atomic mass is 10.1. The number of benzene rings is 4. The van der Waals surface area contributed by atoms with Crippen LogP contribution in [0, 0.1) is 0 Å². The molecule has 0 spiro atoms. The van der Waals surface area contributed by atoms with Gasteiger partial charge in [0.15, 0.2) is 0 Å². The van der Waals surface area contributed by atoms with E-state index in [-0.39, 0.29) is 33.6 Å². The summed E-state index contributed by atoms with van der Waals surface area (Å²) in [6.07, 6.45) is 1.07. The van der Waals surface area contributed by atoms with Crippen LogP contribution in [0.15, 0.2) is 113 Å². The van der Waals surface area contributed by atoms with E-state index in [1.54, 1.807) is 19.1 Å². The molecule has 0 saturated heterocycles. The third kappa shape index (κ3) is 17.3. The molecule has 0 bridgehead atoms. The molecule has 9 nitrogen and oxygen atoms in total. The van der Waals surface area contributed by atoms with Crippen LogP contribution in [-0.2, 0) is 52.7 Å². The van der Waals surface area contributed by atoms with Crippen molar-refractivity contribution in [3.8, 4) is 0 Å². The molecule has 0 amide bonds. The van der Waals surface area contributed by atoms with Gasteiger partial charge in [-0.3, -0.25) is 14.4 Å². The molecule has 4 aromatic rings. The summed E-state index contributed by atoms with van der Waals surface area (Å²) in [5, 5.41) is 0. The van der Waals surface area contributed by atoms with Crippen molar-refractivity contribution in [2.75, 3.05) is 12.8 Å². The Morgan fingerprint density at radius 2 is 0.980 bits per heavy atom. The zero-order valence-electron chi connectivity index (χ0n) is 27.3. The van der Waals surface area contributed by atoms with Gasteiger partial charge in [-0.15, -0.1) is 0 Å². The van der Waals surface area contributed by atoms with E-state index in [1.165, 1.54) is 45.2 Å². The van der Waals surface area contributed by atoms with E-state index in [2.05, 4.69) is 68.4 Å². The van der Waals surface area contributed by atoms with Crippen LogP contribution >= 0.6 is 74.4 Å². The number of anilines is 1. The number of carbonyl (C=O) groups excluding carboxylic acids is 3. The average Bonchev–Trinajstić information content (AvgIpc) is 3.01. The lowest BCUT2D eigenvalue weighted by molar-refractivity contribution is -0.117. The molecule has 4 rings (SSSR count). The average molecular weight is 1000 g/mol. The van der Waals surface area contributed by atoms with E-state index in [9.17, 15) is 31.2 Å². The van der Waals surface area contributed by atoms with E-state index in [0.29, 0.717) is 21.8 Å². The van der Waals surface area contributed by atoms with Crippen LogP contribution in [0.1, 0.15) is 37.5 Å². The maximum absolute atomic E-state index is 11.5. The second kappa shape index (κ2) is 22.0. The number of sulfonamides is 1. The van der Waals surface area contributed by atoms with Crippen molar-refractivity contribution in [2.45, 2.75) is 49.8 Å².